The molecule has 0 aromatic carbocycles. The summed E-state index contributed by atoms with van der Waals surface area (Å²) >= 11 is 0. The van der Waals surface area contributed by atoms with Crippen LogP contribution < -0.4 is 0 Å². The average Bonchev–Trinajstić information content (AvgIpc) is 2.89. The van der Waals surface area contributed by atoms with Gasteiger partial charge in [0.1, 0.15) is 18.5 Å². The monoisotopic (exact) mass is 238 g/mol. The standard InChI is InChI=1S/C10H14N4O3/c1-13-8(6-11-10(13)14(15)16)7-12-17-9-4-2-3-5-9/h6-7,9H,2-5H2,1H3/b12-7+. The summed E-state index contributed by atoms with van der Waals surface area (Å²) in [5.74, 6) is -0.202. The Morgan fingerprint density at radius 1 is 1.65 bits per heavy atom. The van der Waals surface area contributed by atoms with Crippen molar-refractivity contribution >= 4 is 12.2 Å². The summed E-state index contributed by atoms with van der Waals surface area (Å²) in [6, 6.07) is 0. The second kappa shape index (κ2) is 4.94. The van der Waals surface area contributed by atoms with Gasteiger partial charge in [0.05, 0.1) is 7.05 Å². The molecular formula is C10H14N4O3. The number of rotatable bonds is 4. The molecule has 0 unspecified atom stereocenters. The molecule has 0 atom stereocenters. The van der Waals surface area contributed by atoms with Gasteiger partial charge in [-0.25, -0.2) is 4.57 Å². The van der Waals surface area contributed by atoms with Gasteiger partial charge in [-0.1, -0.05) is 10.1 Å². The van der Waals surface area contributed by atoms with E-state index in [0.717, 1.165) is 12.8 Å². The van der Waals surface area contributed by atoms with E-state index in [1.54, 1.807) is 7.05 Å². The Bertz CT molecular complexity index is 435. The Morgan fingerprint density at radius 2 is 2.35 bits per heavy atom. The van der Waals surface area contributed by atoms with Crippen LogP contribution in [-0.2, 0) is 11.9 Å². The number of hydrogen-bond donors (Lipinski definition) is 0. The topological polar surface area (TPSA) is 82.5 Å². The largest absolute Gasteiger partial charge is 0.434 e. The summed E-state index contributed by atoms with van der Waals surface area (Å²) in [5, 5.41) is 14.4. The van der Waals surface area contributed by atoms with E-state index >= 15 is 0 Å². The smallest absolute Gasteiger partial charge is 0.392 e. The maximum atomic E-state index is 10.6. The highest BCUT2D eigenvalue weighted by Gasteiger charge is 2.17. The van der Waals surface area contributed by atoms with Crippen LogP contribution in [0.1, 0.15) is 31.4 Å². The Hall–Kier alpha value is -1.92. The highest BCUT2D eigenvalue weighted by Crippen LogP contribution is 2.20. The predicted octanol–water partition coefficient (Wildman–Crippen LogP) is 1.62. The Morgan fingerprint density at radius 3 is 2.94 bits per heavy atom. The van der Waals surface area contributed by atoms with Crippen LogP contribution in [0.4, 0.5) is 5.95 Å². The molecule has 7 nitrogen and oxygen atoms in total. The van der Waals surface area contributed by atoms with E-state index in [-0.39, 0.29) is 12.1 Å². The van der Waals surface area contributed by atoms with Crippen molar-refractivity contribution in [2.75, 3.05) is 0 Å². The Labute approximate surface area is 98.2 Å². The molecule has 0 saturated heterocycles. The summed E-state index contributed by atoms with van der Waals surface area (Å²) in [6.45, 7) is 0. The van der Waals surface area contributed by atoms with Gasteiger partial charge in [-0.2, -0.15) is 0 Å². The van der Waals surface area contributed by atoms with Crippen LogP contribution in [0.25, 0.3) is 0 Å². The molecule has 1 saturated carbocycles. The quantitative estimate of drug-likeness (QED) is 0.453. The van der Waals surface area contributed by atoms with Crippen LogP contribution in [0.2, 0.25) is 0 Å². The normalized spacial score (nSPS) is 16.8. The summed E-state index contributed by atoms with van der Waals surface area (Å²) < 4.78 is 1.36. The Kier molecular flexibility index (Phi) is 3.36. The molecular weight excluding hydrogens is 224 g/mol. The minimum atomic E-state index is -0.533. The van der Waals surface area contributed by atoms with Crippen LogP contribution >= 0.6 is 0 Å². The molecule has 1 fully saturated rings. The van der Waals surface area contributed by atoms with Crippen molar-refractivity contribution in [2.24, 2.45) is 12.2 Å². The minimum absolute atomic E-state index is 0.189. The van der Waals surface area contributed by atoms with Gasteiger partial charge in [-0.15, -0.1) is 0 Å². The molecule has 0 N–H and O–H groups in total. The molecule has 1 aromatic rings. The lowest BCUT2D eigenvalue weighted by molar-refractivity contribution is -0.396. The first kappa shape index (κ1) is 11.6. The molecule has 92 valence electrons. The fraction of sp³-hybridized carbons (Fsp3) is 0.600. The van der Waals surface area contributed by atoms with E-state index in [2.05, 4.69) is 10.1 Å². The summed E-state index contributed by atoms with van der Waals surface area (Å²) in [5.41, 5.74) is 0.551. The van der Waals surface area contributed by atoms with Gasteiger partial charge >= 0.3 is 5.95 Å². The second-order valence-corrected chi connectivity index (χ2v) is 4.05. The third-order valence-corrected chi connectivity index (χ3v) is 2.86. The van der Waals surface area contributed by atoms with E-state index in [1.165, 1.54) is 29.8 Å². The van der Waals surface area contributed by atoms with E-state index in [1.807, 2.05) is 0 Å². The van der Waals surface area contributed by atoms with Crippen molar-refractivity contribution in [1.82, 2.24) is 9.55 Å². The number of imidazole rings is 1. The molecule has 1 heterocycles. The minimum Gasteiger partial charge on any atom is -0.392 e. The van der Waals surface area contributed by atoms with Crippen molar-refractivity contribution in [3.05, 3.63) is 22.0 Å². The molecule has 1 aliphatic rings. The van der Waals surface area contributed by atoms with Crippen molar-refractivity contribution in [1.29, 1.82) is 0 Å². The van der Waals surface area contributed by atoms with E-state index in [0.29, 0.717) is 5.69 Å². The number of nitrogens with zero attached hydrogens (tertiary/aromatic N) is 4. The molecule has 0 amide bonds. The van der Waals surface area contributed by atoms with E-state index in [9.17, 15) is 10.1 Å². The van der Waals surface area contributed by atoms with Crippen molar-refractivity contribution < 1.29 is 9.76 Å². The zero-order valence-corrected chi connectivity index (χ0v) is 9.57. The number of oxime groups is 1. The number of hydrogen-bond acceptors (Lipinski definition) is 5. The van der Waals surface area contributed by atoms with Gasteiger partial charge in [0.15, 0.2) is 5.69 Å². The van der Waals surface area contributed by atoms with Gasteiger partial charge in [0.25, 0.3) is 0 Å². The molecule has 0 spiro atoms. The van der Waals surface area contributed by atoms with Gasteiger partial charge < -0.3 is 15.0 Å². The summed E-state index contributed by atoms with van der Waals surface area (Å²) in [4.78, 5) is 19.0. The van der Waals surface area contributed by atoms with Gasteiger partial charge in [-0.3, -0.25) is 0 Å². The van der Waals surface area contributed by atoms with Gasteiger partial charge in [0.2, 0.25) is 0 Å². The molecule has 1 aliphatic carbocycles. The molecule has 2 rings (SSSR count). The summed E-state index contributed by atoms with van der Waals surface area (Å²) in [6.07, 6.45) is 7.47. The summed E-state index contributed by atoms with van der Waals surface area (Å²) in [7, 11) is 1.57. The van der Waals surface area contributed by atoms with Crippen LogP contribution in [-0.4, -0.2) is 26.8 Å². The zero-order valence-electron chi connectivity index (χ0n) is 9.57. The first-order chi connectivity index (χ1) is 8.18. The van der Waals surface area contributed by atoms with Crippen LogP contribution in [0.3, 0.4) is 0 Å². The maximum absolute atomic E-state index is 10.6. The SMILES string of the molecule is Cn1c(/C=N/OC2CCCC2)cnc1[N+](=O)[O-]. The lowest BCUT2D eigenvalue weighted by Crippen LogP contribution is -2.04. The van der Waals surface area contributed by atoms with Crippen LogP contribution in [0.15, 0.2) is 11.4 Å². The first-order valence-corrected chi connectivity index (χ1v) is 5.54. The number of nitro groups is 1. The van der Waals surface area contributed by atoms with Crippen molar-refractivity contribution in [2.45, 2.75) is 31.8 Å². The van der Waals surface area contributed by atoms with Crippen molar-refractivity contribution in [3.8, 4) is 0 Å². The predicted molar refractivity (Wildman–Crippen MR) is 60.8 cm³/mol. The highest BCUT2D eigenvalue weighted by molar-refractivity contribution is 5.77. The third kappa shape index (κ3) is 2.61. The molecule has 0 bridgehead atoms. The fourth-order valence-electron chi connectivity index (χ4n) is 1.87. The molecule has 0 aliphatic heterocycles. The number of aromatic nitrogens is 2. The lowest BCUT2D eigenvalue weighted by Gasteiger charge is -2.04. The zero-order chi connectivity index (χ0) is 12.3. The molecule has 1 aromatic heterocycles. The van der Waals surface area contributed by atoms with Crippen LogP contribution in [0, 0.1) is 10.1 Å². The second-order valence-electron chi connectivity index (χ2n) is 4.05. The fourth-order valence-corrected chi connectivity index (χ4v) is 1.87. The van der Waals surface area contributed by atoms with Gasteiger partial charge in [-0.05, 0) is 30.6 Å². The van der Waals surface area contributed by atoms with Crippen molar-refractivity contribution in [3.63, 3.8) is 0 Å². The third-order valence-electron chi connectivity index (χ3n) is 2.86. The lowest BCUT2D eigenvalue weighted by atomic mass is 10.3. The highest BCUT2D eigenvalue weighted by atomic mass is 16.6. The van der Waals surface area contributed by atoms with E-state index in [4.69, 9.17) is 4.84 Å². The molecule has 0 radical (unpaired) electrons. The maximum Gasteiger partial charge on any atom is 0.434 e. The average molecular weight is 238 g/mol. The van der Waals surface area contributed by atoms with Gasteiger partial charge in [0, 0.05) is 0 Å². The first-order valence-electron chi connectivity index (χ1n) is 5.54. The molecule has 7 heteroatoms. The molecule has 17 heavy (non-hydrogen) atoms. The van der Waals surface area contributed by atoms with E-state index < -0.39 is 4.92 Å². The van der Waals surface area contributed by atoms with Crippen LogP contribution in [0.5, 0.6) is 0 Å². The Balaban J connectivity index is 1.98.